The largest absolute Gasteiger partial charge is 0.591 e. The van der Waals surface area contributed by atoms with E-state index >= 15 is 0 Å². The van der Waals surface area contributed by atoms with Crippen LogP contribution >= 0.6 is 15.9 Å². The van der Waals surface area contributed by atoms with Gasteiger partial charge in [0, 0.05) is 16.2 Å². The highest BCUT2D eigenvalue weighted by molar-refractivity contribution is 9.10. The van der Waals surface area contributed by atoms with Crippen LogP contribution in [-0.2, 0) is 11.4 Å². The average molecular weight is 467 g/mol. The number of rotatable bonds is 4. The highest BCUT2D eigenvalue weighted by atomic mass is 79.9. The Bertz CT molecular complexity index is 854. The number of benzene rings is 1. The van der Waals surface area contributed by atoms with Crippen LogP contribution in [0.3, 0.4) is 0 Å². The van der Waals surface area contributed by atoms with Crippen LogP contribution in [0.15, 0.2) is 45.4 Å². The van der Waals surface area contributed by atoms with Crippen molar-refractivity contribution in [2.75, 3.05) is 0 Å². The summed E-state index contributed by atoms with van der Waals surface area (Å²) in [4.78, 5) is 4.16. The predicted octanol–water partition coefficient (Wildman–Crippen LogP) is 5.18. The molecule has 4 nitrogen and oxygen atoms in total. The van der Waals surface area contributed by atoms with Gasteiger partial charge >= 0.3 is 6.36 Å². The van der Waals surface area contributed by atoms with Gasteiger partial charge < -0.3 is 9.29 Å². The fourth-order valence-corrected chi connectivity index (χ4v) is 2.94. The first-order valence-electron chi connectivity index (χ1n) is 7.56. The molecule has 0 fully saturated rings. The molecule has 0 aliphatic carbocycles. The molecule has 2 aromatic rings. The maximum Gasteiger partial charge on any atom is 0.573 e. The van der Waals surface area contributed by atoms with Gasteiger partial charge in [-0.15, -0.1) is 13.2 Å². The van der Waals surface area contributed by atoms with E-state index in [0.717, 1.165) is 12.1 Å². The minimum Gasteiger partial charge on any atom is -0.591 e. The molecule has 0 aliphatic heterocycles. The quantitative estimate of drug-likeness (QED) is 0.354. The van der Waals surface area contributed by atoms with Crippen LogP contribution in [0.4, 0.5) is 17.6 Å². The van der Waals surface area contributed by atoms with Crippen molar-refractivity contribution in [3.8, 4) is 5.75 Å². The molecule has 0 saturated heterocycles. The monoisotopic (exact) mass is 466 g/mol. The number of ether oxygens (including phenoxy) is 1. The van der Waals surface area contributed by atoms with Crippen LogP contribution in [0.1, 0.15) is 32.0 Å². The highest BCUT2D eigenvalue weighted by Gasteiger charge is 2.33. The first-order chi connectivity index (χ1) is 12.4. The second-order valence-electron chi connectivity index (χ2n) is 6.33. The summed E-state index contributed by atoms with van der Waals surface area (Å²) in [6.45, 7) is 5.12. The summed E-state index contributed by atoms with van der Waals surface area (Å²) in [6, 6.07) is 6.18. The molecule has 1 atom stereocenters. The minimum absolute atomic E-state index is 0.0770. The highest BCUT2D eigenvalue weighted by Crippen LogP contribution is 2.29. The van der Waals surface area contributed by atoms with Gasteiger partial charge in [-0.2, -0.15) is 0 Å². The first kappa shape index (κ1) is 21.6. The van der Waals surface area contributed by atoms with Crippen LogP contribution in [0.2, 0.25) is 0 Å². The number of pyridine rings is 1. The van der Waals surface area contributed by atoms with Gasteiger partial charge in [0.1, 0.15) is 27.5 Å². The third-order valence-electron chi connectivity index (χ3n) is 3.11. The van der Waals surface area contributed by atoms with Crippen LogP contribution in [0.5, 0.6) is 5.75 Å². The summed E-state index contributed by atoms with van der Waals surface area (Å²) in [5, 5.41) is 0. The minimum atomic E-state index is -5.02. The predicted molar refractivity (Wildman–Crippen MR) is 98.6 cm³/mol. The lowest BCUT2D eigenvalue weighted by Crippen LogP contribution is -2.27. The van der Waals surface area contributed by atoms with Crippen LogP contribution in [0, 0.1) is 5.82 Å². The number of hydrogen-bond donors (Lipinski definition) is 0. The Hall–Kier alpha value is -1.65. The van der Waals surface area contributed by atoms with E-state index in [1.807, 2.05) is 0 Å². The van der Waals surface area contributed by atoms with Gasteiger partial charge in [-0.1, -0.05) is 4.40 Å². The summed E-state index contributed by atoms with van der Waals surface area (Å²) >= 11 is 1.59. The Labute approximate surface area is 165 Å². The molecule has 0 radical (unpaired) electrons. The molecule has 2 rings (SSSR count). The molecule has 0 spiro atoms. The van der Waals surface area contributed by atoms with E-state index in [1.165, 1.54) is 12.3 Å². The van der Waals surface area contributed by atoms with Crippen LogP contribution in [0.25, 0.3) is 0 Å². The fourth-order valence-electron chi connectivity index (χ4n) is 1.87. The number of hydrogen-bond acceptors (Lipinski definition) is 4. The summed E-state index contributed by atoms with van der Waals surface area (Å²) in [5.41, 5.74) is 0.464. The molecule has 10 heteroatoms. The Kier molecular flexibility index (Phi) is 6.54. The van der Waals surface area contributed by atoms with Gasteiger partial charge in [0.25, 0.3) is 0 Å². The van der Waals surface area contributed by atoms with E-state index in [1.54, 1.807) is 32.9 Å². The summed E-state index contributed by atoms with van der Waals surface area (Å²) in [6.07, 6.45) is -3.55. The third-order valence-corrected chi connectivity index (χ3v) is 5.15. The lowest BCUT2D eigenvalue weighted by atomic mass is 10.1. The standard InChI is InChI=1S/C17H15BrF4N2O2S/c1-16(2,3)27(25)24-14(15-11(18)5-4-8-23-15)10-6-7-13(12(19)9-10)26-17(20,21)22/h4-9H,1-3H3/b24-14-. The topological polar surface area (TPSA) is 57.5 Å². The van der Waals surface area contributed by atoms with Crippen molar-refractivity contribution in [1.82, 2.24) is 4.98 Å². The summed E-state index contributed by atoms with van der Waals surface area (Å²) < 4.78 is 71.2. The normalized spacial score (nSPS) is 14.2. The van der Waals surface area contributed by atoms with Gasteiger partial charge in [0.15, 0.2) is 11.6 Å². The van der Waals surface area contributed by atoms with E-state index in [0.29, 0.717) is 4.47 Å². The molecule has 0 saturated carbocycles. The summed E-state index contributed by atoms with van der Waals surface area (Å²) in [5.74, 6) is -2.20. The molecular weight excluding hydrogens is 452 g/mol. The number of halogens is 5. The summed E-state index contributed by atoms with van der Waals surface area (Å²) in [7, 11) is 0. The maximum absolute atomic E-state index is 14.1. The Morgan fingerprint density at radius 2 is 1.89 bits per heavy atom. The van der Waals surface area contributed by atoms with E-state index < -0.39 is 34.0 Å². The Morgan fingerprint density at radius 3 is 2.41 bits per heavy atom. The van der Waals surface area contributed by atoms with Crippen molar-refractivity contribution in [2.24, 2.45) is 4.40 Å². The molecule has 146 valence electrons. The number of nitrogens with zero attached hydrogens (tertiary/aromatic N) is 2. The fraction of sp³-hybridized carbons (Fsp3) is 0.294. The SMILES string of the molecule is CC(C)(C)[S+]([O-])/N=C(/c1ccc(OC(F)(F)F)c(F)c1)c1ncccc1Br. The average Bonchev–Trinajstić information content (AvgIpc) is 2.53. The molecule has 1 unspecified atom stereocenters. The first-order valence-corrected chi connectivity index (χ1v) is 9.46. The molecule has 1 aromatic carbocycles. The van der Waals surface area contributed by atoms with E-state index in [2.05, 4.69) is 30.0 Å². The van der Waals surface area contributed by atoms with Crippen molar-refractivity contribution in [3.63, 3.8) is 0 Å². The van der Waals surface area contributed by atoms with E-state index in [4.69, 9.17) is 0 Å². The van der Waals surface area contributed by atoms with Crippen molar-refractivity contribution >= 4 is 33.0 Å². The maximum atomic E-state index is 14.1. The number of aromatic nitrogens is 1. The van der Waals surface area contributed by atoms with Gasteiger partial charge in [-0.25, -0.2) is 4.39 Å². The van der Waals surface area contributed by atoms with Crippen LogP contribution in [-0.4, -0.2) is 26.4 Å². The van der Waals surface area contributed by atoms with Crippen molar-refractivity contribution in [1.29, 1.82) is 0 Å². The second-order valence-corrected chi connectivity index (χ2v) is 9.09. The molecule has 27 heavy (non-hydrogen) atoms. The third kappa shape index (κ3) is 5.91. The zero-order valence-corrected chi connectivity index (χ0v) is 16.9. The molecule has 1 aromatic heterocycles. The van der Waals surface area contributed by atoms with Crippen molar-refractivity contribution in [2.45, 2.75) is 31.9 Å². The van der Waals surface area contributed by atoms with Gasteiger partial charge in [-0.05, 0) is 67.0 Å². The molecule has 0 bridgehead atoms. The smallest absolute Gasteiger partial charge is 0.573 e. The van der Waals surface area contributed by atoms with E-state index in [-0.39, 0.29) is 17.0 Å². The second kappa shape index (κ2) is 8.15. The lowest BCUT2D eigenvalue weighted by Gasteiger charge is -2.19. The van der Waals surface area contributed by atoms with Crippen molar-refractivity contribution < 1.29 is 26.9 Å². The van der Waals surface area contributed by atoms with Gasteiger partial charge in [0.05, 0.1) is 0 Å². The van der Waals surface area contributed by atoms with Gasteiger partial charge in [0.2, 0.25) is 0 Å². The zero-order chi connectivity index (χ0) is 20.4. The van der Waals surface area contributed by atoms with Crippen molar-refractivity contribution in [3.05, 3.63) is 58.1 Å². The molecular formula is C17H15BrF4N2O2S. The zero-order valence-electron chi connectivity index (χ0n) is 14.5. The molecule has 1 heterocycles. The lowest BCUT2D eigenvalue weighted by molar-refractivity contribution is -0.275. The van der Waals surface area contributed by atoms with Crippen LogP contribution < -0.4 is 4.74 Å². The van der Waals surface area contributed by atoms with E-state index in [9.17, 15) is 22.1 Å². The molecule has 0 amide bonds. The number of alkyl halides is 3. The Morgan fingerprint density at radius 1 is 1.22 bits per heavy atom. The molecule has 0 N–H and O–H groups in total. The van der Waals surface area contributed by atoms with Gasteiger partial charge in [-0.3, -0.25) is 4.98 Å². The molecule has 0 aliphatic rings. The Balaban J connectivity index is 2.57.